The normalized spacial score (nSPS) is 22.8. The van der Waals surface area contributed by atoms with Crippen molar-refractivity contribution in [3.63, 3.8) is 0 Å². The Balaban J connectivity index is 1.78. The summed E-state index contributed by atoms with van der Waals surface area (Å²) in [6.45, 7) is 1.98. The topological polar surface area (TPSA) is 63.6 Å². The number of nitrogens with zero attached hydrogens (tertiary/aromatic N) is 3. The molecule has 8 heteroatoms. The lowest BCUT2D eigenvalue weighted by molar-refractivity contribution is -0.182. The summed E-state index contributed by atoms with van der Waals surface area (Å²) in [5.74, 6) is -3.81. The van der Waals surface area contributed by atoms with Crippen LogP contribution in [0.2, 0.25) is 0 Å². The average molecular weight is 326 g/mol. The van der Waals surface area contributed by atoms with Crippen LogP contribution in [-0.2, 0) is 11.3 Å². The maximum atomic E-state index is 13.0. The number of hydrogen-bond donors (Lipinski definition) is 1. The number of imidazole rings is 1. The summed E-state index contributed by atoms with van der Waals surface area (Å²) >= 11 is 0. The molecular formula is C15H17F3N4O. The predicted molar refractivity (Wildman–Crippen MR) is 77.4 cm³/mol. The summed E-state index contributed by atoms with van der Waals surface area (Å²) in [4.78, 5) is 17.3. The highest BCUT2D eigenvalue weighted by Gasteiger charge is 2.51. The zero-order chi connectivity index (χ0) is 16.8. The average Bonchev–Trinajstić information content (AvgIpc) is 3.01. The number of primary amides is 1. The molecule has 0 radical (unpaired) electrons. The van der Waals surface area contributed by atoms with E-state index >= 15 is 0 Å². The van der Waals surface area contributed by atoms with E-state index in [1.807, 2.05) is 29.7 Å². The van der Waals surface area contributed by atoms with Crippen molar-refractivity contribution in [2.45, 2.75) is 19.6 Å². The monoisotopic (exact) mass is 326 g/mol. The molecule has 2 aromatic heterocycles. The van der Waals surface area contributed by atoms with E-state index in [1.165, 1.54) is 0 Å². The quantitative estimate of drug-likeness (QED) is 0.934. The Labute approximate surface area is 130 Å². The lowest BCUT2D eigenvalue weighted by Crippen LogP contribution is -2.37. The molecule has 0 aliphatic carbocycles. The van der Waals surface area contributed by atoms with Gasteiger partial charge < -0.3 is 10.1 Å². The molecule has 3 rings (SSSR count). The molecule has 1 saturated heterocycles. The second-order valence-electron chi connectivity index (χ2n) is 6.06. The number of carbonyl (C=O) groups is 1. The number of carbonyl (C=O) groups excluding carboxylic acids is 1. The Kier molecular flexibility index (Phi) is 3.79. The first-order chi connectivity index (χ1) is 10.7. The van der Waals surface area contributed by atoms with Crippen LogP contribution >= 0.6 is 0 Å². The Bertz CT molecular complexity index is 740. The Morgan fingerprint density at radius 3 is 2.70 bits per heavy atom. The highest BCUT2D eigenvalue weighted by atomic mass is 19.4. The molecule has 0 bridgehead atoms. The van der Waals surface area contributed by atoms with E-state index in [0.29, 0.717) is 5.69 Å². The zero-order valence-electron chi connectivity index (χ0n) is 12.5. The van der Waals surface area contributed by atoms with Crippen molar-refractivity contribution in [1.29, 1.82) is 0 Å². The molecule has 2 aromatic rings. The van der Waals surface area contributed by atoms with Crippen LogP contribution in [0, 0.1) is 18.8 Å². The smallest absolute Gasteiger partial charge is 0.369 e. The van der Waals surface area contributed by atoms with Crippen LogP contribution < -0.4 is 5.73 Å². The van der Waals surface area contributed by atoms with Crippen molar-refractivity contribution in [2.24, 2.45) is 17.6 Å². The number of rotatable bonds is 3. The van der Waals surface area contributed by atoms with Gasteiger partial charge >= 0.3 is 6.18 Å². The fraction of sp³-hybridized carbons (Fsp3) is 0.467. The fourth-order valence-electron chi connectivity index (χ4n) is 3.10. The predicted octanol–water partition coefficient (Wildman–Crippen LogP) is 1.74. The van der Waals surface area contributed by atoms with Crippen molar-refractivity contribution in [3.05, 3.63) is 35.8 Å². The minimum Gasteiger partial charge on any atom is -0.369 e. The van der Waals surface area contributed by atoms with E-state index in [4.69, 9.17) is 5.73 Å². The first-order valence-corrected chi connectivity index (χ1v) is 7.26. The Hall–Kier alpha value is -2.09. The number of halogens is 3. The van der Waals surface area contributed by atoms with Crippen LogP contribution in [0.5, 0.6) is 0 Å². The van der Waals surface area contributed by atoms with Gasteiger partial charge in [0.1, 0.15) is 5.65 Å². The molecule has 1 fully saturated rings. The summed E-state index contributed by atoms with van der Waals surface area (Å²) in [5, 5.41) is 0. The van der Waals surface area contributed by atoms with Crippen LogP contribution in [0.15, 0.2) is 24.5 Å². The number of aromatic nitrogens is 2. The van der Waals surface area contributed by atoms with Gasteiger partial charge in [0.2, 0.25) is 5.91 Å². The molecule has 0 spiro atoms. The number of hydrogen-bond acceptors (Lipinski definition) is 3. The molecule has 124 valence electrons. The molecule has 1 amide bonds. The van der Waals surface area contributed by atoms with Gasteiger partial charge in [-0.15, -0.1) is 0 Å². The van der Waals surface area contributed by atoms with Gasteiger partial charge in [0.15, 0.2) is 0 Å². The van der Waals surface area contributed by atoms with Crippen LogP contribution in [0.25, 0.3) is 5.65 Å². The van der Waals surface area contributed by atoms with Gasteiger partial charge in [-0.2, -0.15) is 13.2 Å². The first kappa shape index (κ1) is 15.8. The van der Waals surface area contributed by atoms with Crippen LogP contribution in [0.4, 0.5) is 13.2 Å². The minimum atomic E-state index is -4.43. The molecule has 2 N–H and O–H groups in total. The maximum Gasteiger partial charge on any atom is 0.393 e. The first-order valence-electron chi connectivity index (χ1n) is 7.26. The maximum absolute atomic E-state index is 13.0. The fourth-order valence-corrected chi connectivity index (χ4v) is 3.10. The molecular weight excluding hydrogens is 309 g/mol. The van der Waals surface area contributed by atoms with E-state index in [2.05, 4.69) is 4.98 Å². The third kappa shape index (κ3) is 3.17. The van der Waals surface area contributed by atoms with Crippen LogP contribution in [0.3, 0.4) is 0 Å². The number of amides is 1. The molecule has 0 saturated carbocycles. The van der Waals surface area contributed by atoms with E-state index < -0.39 is 23.9 Å². The lowest BCUT2D eigenvalue weighted by atomic mass is 9.95. The molecule has 3 heterocycles. The van der Waals surface area contributed by atoms with Gasteiger partial charge in [-0.1, -0.05) is 6.07 Å². The highest BCUT2D eigenvalue weighted by molar-refractivity contribution is 5.77. The number of pyridine rings is 1. The highest BCUT2D eigenvalue weighted by Crippen LogP contribution is 2.37. The largest absolute Gasteiger partial charge is 0.393 e. The van der Waals surface area contributed by atoms with E-state index in [9.17, 15) is 18.0 Å². The zero-order valence-corrected chi connectivity index (χ0v) is 12.5. The SMILES string of the molecule is Cc1ccc2nc(CN3C[C@@H](C(F)(F)F)[C@H](C(N)=O)C3)cn2c1. The molecule has 1 aliphatic heterocycles. The summed E-state index contributed by atoms with van der Waals surface area (Å²) in [5.41, 5.74) is 7.60. The molecule has 1 aliphatic rings. The second kappa shape index (κ2) is 5.52. The van der Waals surface area contributed by atoms with Gasteiger partial charge in [-0.25, -0.2) is 4.98 Å². The number of likely N-dealkylation sites (tertiary alicyclic amines) is 1. The third-order valence-corrected chi connectivity index (χ3v) is 4.22. The molecule has 5 nitrogen and oxygen atoms in total. The Morgan fingerprint density at radius 2 is 2.09 bits per heavy atom. The molecule has 0 unspecified atom stereocenters. The lowest BCUT2D eigenvalue weighted by Gasteiger charge is -2.18. The molecule has 2 atom stereocenters. The minimum absolute atomic E-state index is 0.00636. The summed E-state index contributed by atoms with van der Waals surface area (Å²) in [6.07, 6.45) is -0.729. The van der Waals surface area contributed by atoms with Crippen molar-refractivity contribution in [2.75, 3.05) is 13.1 Å². The van der Waals surface area contributed by atoms with Gasteiger partial charge in [0.25, 0.3) is 0 Å². The third-order valence-electron chi connectivity index (χ3n) is 4.22. The van der Waals surface area contributed by atoms with Gasteiger partial charge in [0, 0.05) is 32.0 Å². The van der Waals surface area contributed by atoms with Crippen LogP contribution in [0.1, 0.15) is 11.3 Å². The Morgan fingerprint density at radius 1 is 1.35 bits per heavy atom. The van der Waals surface area contributed by atoms with E-state index in [-0.39, 0.29) is 19.6 Å². The van der Waals surface area contributed by atoms with Crippen molar-refractivity contribution in [3.8, 4) is 0 Å². The number of alkyl halides is 3. The van der Waals surface area contributed by atoms with Crippen molar-refractivity contribution in [1.82, 2.24) is 14.3 Å². The summed E-state index contributed by atoms with van der Waals surface area (Å²) < 4.78 is 41.0. The van der Waals surface area contributed by atoms with Gasteiger partial charge in [-0.05, 0) is 18.6 Å². The van der Waals surface area contributed by atoms with Crippen molar-refractivity contribution < 1.29 is 18.0 Å². The van der Waals surface area contributed by atoms with E-state index in [0.717, 1.165) is 11.2 Å². The summed E-state index contributed by atoms with van der Waals surface area (Å²) in [7, 11) is 0. The van der Waals surface area contributed by atoms with Gasteiger partial charge in [-0.3, -0.25) is 9.69 Å². The summed E-state index contributed by atoms with van der Waals surface area (Å²) in [6, 6.07) is 3.78. The number of fused-ring (bicyclic) bond motifs is 1. The molecule has 23 heavy (non-hydrogen) atoms. The molecule has 0 aromatic carbocycles. The standard InChI is InChI=1S/C15H17F3N4O/c1-9-2-3-13-20-10(6-22(13)4-9)5-21-7-11(14(19)23)12(8-21)15(16,17)18/h2-4,6,11-12H,5,7-8H2,1H3,(H2,19,23)/t11-,12-/m1/s1. The number of nitrogens with two attached hydrogens (primary N) is 1. The van der Waals surface area contributed by atoms with Crippen LogP contribution in [-0.4, -0.2) is 39.5 Å². The number of aryl methyl sites for hydroxylation is 1. The van der Waals surface area contributed by atoms with Gasteiger partial charge in [0.05, 0.1) is 17.5 Å². The van der Waals surface area contributed by atoms with E-state index in [1.54, 1.807) is 11.1 Å². The second-order valence-corrected chi connectivity index (χ2v) is 6.06. The van der Waals surface area contributed by atoms with Crippen molar-refractivity contribution >= 4 is 11.6 Å².